The van der Waals surface area contributed by atoms with Gasteiger partial charge < -0.3 is 10.1 Å². The summed E-state index contributed by atoms with van der Waals surface area (Å²) in [5, 5.41) is 8.51. The molecule has 0 unspecified atom stereocenters. The number of nitrogens with one attached hydrogen (secondary N) is 1. The number of hydrogen-bond donors (Lipinski definition) is 2. The van der Waals surface area contributed by atoms with Gasteiger partial charge in [0.15, 0.2) is 5.71 Å². The van der Waals surface area contributed by atoms with E-state index in [1.807, 2.05) is 0 Å². The number of hydrogen-bond acceptors (Lipinski definition) is 3. The van der Waals surface area contributed by atoms with Crippen LogP contribution >= 0.6 is 0 Å². The molecule has 2 heterocycles. The smallest absolute Gasteiger partial charge is 0.358 e. The number of carbonyl (C=O) groups is 2. The highest BCUT2D eigenvalue weighted by atomic mass is 16.4. The topological polar surface area (TPSA) is 82.5 Å². The van der Waals surface area contributed by atoms with Gasteiger partial charge in [0.05, 0.1) is 5.69 Å². The summed E-state index contributed by atoms with van der Waals surface area (Å²) in [5.74, 6) is -1.84. The molecule has 1 aromatic heterocycles. The Kier molecular flexibility index (Phi) is 1.15. The second-order valence-electron chi connectivity index (χ2n) is 2.33. The summed E-state index contributed by atoms with van der Waals surface area (Å²) in [6.07, 6.45) is 1.55. The van der Waals surface area contributed by atoms with E-state index in [2.05, 4.69) is 9.98 Å². The van der Waals surface area contributed by atoms with Crippen molar-refractivity contribution in [2.45, 2.75) is 0 Å². The van der Waals surface area contributed by atoms with E-state index >= 15 is 0 Å². The fourth-order valence-electron chi connectivity index (χ4n) is 1.07. The first-order valence-electron chi connectivity index (χ1n) is 3.24. The van der Waals surface area contributed by atoms with Crippen LogP contribution in [0.5, 0.6) is 0 Å². The van der Waals surface area contributed by atoms with Crippen molar-refractivity contribution in [3.8, 4) is 0 Å². The minimum atomic E-state index is -1.29. The van der Waals surface area contributed by atoms with Gasteiger partial charge in [-0.2, -0.15) is 0 Å². The zero-order chi connectivity index (χ0) is 8.72. The van der Waals surface area contributed by atoms with Crippen LogP contribution in [0.2, 0.25) is 0 Å². The quantitative estimate of drug-likeness (QED) is 0.628. The molecule has 0 saturated heterocycles. The normalized spacial score (nSPS) is 14.3. The molecule has 5 nitrogen and oxygen atoms in total. The second kappa shape index (κ2) is 2.04. The van der Waals surface area contributed by atoms with Crippen molar-refractivity contribution in [2.24, 2.45) is 4.99 Å². The first kappa shape index (κ1) is 6.78. The third-order valence-electron chi connectivity index (χ3n) is 1.60. The van der Waals surface area contributed by atoms with E-state index in [-0.39, 0.29) is 5.69 Å². The third-order valence-corrected chi connectivity index (χ3v) is 1.60. The average Bonchev–Trinajstić information content (AvgIpc) is 2.53. The van der Waals surface area contributed by atoms with E-state index in [4.69, 9.17) is 5.11 Å². The summed E-state index contributed by atoms with van der Waals surface area (Å²) < 4.78 is 0. The Morgan fingerprint density at radius 3 is 2.92 bits per heavy atom. The van der Waals surface area contributed by atoms with Crippen molar-refractivity contribution in [3.63, 3.8) is 0 Å². The zero-order valence-electron chi connectivity index (χ0n) is 5.87. The highest BCUT2D eigenvalue weighted by molar-refractivity contribution is 6.69. The molecule has 0 aliphatic carbocycles. The monoisotopic (exact) mass is 164 g/mol. The van der Waals surface area contributed by atoms with E-state index in [1.54, 1.807) is 12.3 Å². The molecule has 0 fully saturated rings. The molecular formula is C7H4N2O3. The number of Topliss-reactive ketones (excluding diaryl/α,β-unsaturated/α-hetero) is 1. The Hall–Kier alpha value is -1.91. The average molecular weight is 164 g/mol. The van der Waals surface area contributed by atoms with Gasteiger partial charge in [0.1, 0.15) is 5.69 Å². The molecule has 1 aliphatic rings. The molecular weight excluding hydrogens is 160 g/mol. The fourth-order valence-corrected chi connectivity index (χ4v) is 1.07. The van der Waals surface area contributed by atoms with Gasteiger partial charge in [-0.25, -0.2) is 9.79 Å². The van der Waals surface area contributed by atoms with Gasteiger partial charge in [-0.05, 0) is 6.07 Å². The van der Waals surface area contributed by atoms with Crippen molar-refractivity contribution in [2.75, 3.05) is 0 Å². The maximum atomic E-state index is 11.2. The molecule has 0 atom stereocenters. The van der Waals surface area contributed by atoms with E-state index < -0.39 is 17.5 Å². The lowest BCUT2D eigenvalue weighted by Crippen LogP contribution is -2.20. The Labute approximate surface area is 66.7 Å². The molecule has 0 radical (unpaired) electrons. The number of carboxylic acids is 1. The predicted octanol–water partition coefficient (Wildman–Crippen LogP) is 0.368. The maximum absolute atomic E-state index is 11.2. The number of nitrogens with zero attached hydrogens (tertiary/aromatic N) is 1. The summed E-state index contributed by atoms with van der Waals surface area (Å²) in [7, 11) is 0. The number of H-pyrrole nitrogens is 1. The van der Waals surface area contributed by atoms with Gasteiger partial charge in [0.25, 0.3) is 0 Å². The molecule has 1 aliphatic heterocycles. The summed E-state index contributed by atoms with van der Waals surface area (Å²) in [6.45, 7) is 0. The van der Waals surface area contributed by atoms with Crippen LogP contribution in [0.15, 0.2) is 17.3 Å². The van der Waals surface area contributed by atoms with Gasteiger partial charge in [0, 0.05) is 6.20 Å². The number of carboxylic acid groups (broad SMARTS) is 1. The molecule has 0 amide bonds. The van der Waals surface area contributed by atoms with Gasteiger partial charge in [-0.3, -0.25) is 4.79 Å². The van der Waals surface area contributed by atoms with Crippen LogP contribution in [0.4, 0.5) is 5.69 Å². The number of aliphatic imine (C=N–C) groups is 1. The molecule has 0 aromatic carbocycles. The lowest BCUT2D eigenvalue weighted by Gasteiger charge is -1.87. The summed E-state index contributed by atoms with van der Waals surface area (Å²) in [4.78, 5) is 27.8. The first-order chi connectivity index (χ1) is 5.70. The van der Waals surface area contributed by atoms with E-state index in [0.29, 0.717) is 5.69 Å². The fraction of sp³-hybridized carbons (Fsp3) is 0. The highest BCUT2D eigenvalue weighted by Crippen LogP contribution is 2.24. The molecule has 0 bridgehead atoms. The van der Waals surface area contributed by atoms with E-state index in [9.17, 15) is 9.59 Å². The molecule has 1 aromatic rings. The molecule has 2 rings (SSSR count). The Bertz CT molecular complexity index is 403. The lowest BCUT2D eigenvalue weighted by atomic mass is 10.2. The summed E-state index contributed by atoms with van der Waals surface area (Å²) >= 11 is 0. The Morgan fingerprint density at radius 2 is 2.33 bits per heavy atom. The molecule has 5 heteroatoms. The van der Waals surface area contributed by atoms with Crippen LogP contribution < -0.4 is 0 Å². The number of carbonyl (C=O) groups excluding carboxylic acids is 1. The minimum absolute atomic E-state index is 0.257. The van der Waals surface area contributed by atoms with E-state index in [0.717, 1.165) is 0 Å². The minimum Gasteiger partial charge on any atom is -0.476 e. The van der Waals surface area contributed by atoms with Gasteiger partial charge >= 0.3 is 5.97 Å². The van der Waals surface area contributed by atoms with Gasteiger partial charge in [-0.15, -0.1) is 0 Å². The van der Waals surface area contributed by atoms with Crippen LogP contribution in [0, 0.1) is 0 Å². The second-order valence-corrected chi connectivity index (χ2v) is 2.33. The van der Waals surface area contributed by atoms with Crippen molar-refractivity contribution in [3.05, 3.63) is 18.0 Å². The van der Waals surface area contributed by atoms with Gasteiger partial charge in [-0.1, -0.05) is 0 Å². The predicted molar refractivity (Wildman–Crippen MR) is 39.9 cm³/mol. The van der Waals surface area contributed by atoms with Crippen LogP contribution in [-0.2, 0) is 4.79 Å². The molecule has 60 valence electrons. The summed E-state index contributed by atoms with van der Waals surface area (Å²) in [5.41, 5.74) is 0.238. The number of aromatic amines is 1. The van der Waals surface area contributed by atoms with Crippen molar-refractivity contribution in [1.29, 1.82) is 0 Å². The largest absolute Gasteiger partial charge is 0.476 e. The van der Waals surface area contributed by atoms with Crippen LogP contribution in [0.1, 0.15) is 10.5 Å². The number of fused-ring (bicyclic) bond motifs is 1. The maximum Gasteiger partial charge on any atom is 0.358 e. The summed E-state index contributed by atoms with van der Waals surface area (Å²) in [6, 6.07) is 1.56. The zero-order valence-corrected chi connectivity index (χ0v) is 5.87. The number of aromatic nitrogens is 1. The van der Waals surface area contributed by atoms with Crippen molar-refractivity contribution >= 4 is 23.2 Å². The van der Waals surface area contributed by atoms with Crippen LogP contribution in [0.25, 0.3) is 0 Å². The van der Waals surface area contributed by atoms with Gasteiger partial charge in [0.2, 0.25) is 5.78 Å². The standard InChI is InChI=1S/C7H4N2O3/c10-6-4-3(1-2-8-4)9-5(6)7(11)12/h1-2,8H,(H,11,12). The van der Waals surface area contributed by atoms with Crippen molar-refractivity contribution < 1.29 is 14.7 Å². The number of rotatable bonds is 1. The molecule has 2 N–H and O–H groups in total. The third kappa shape index (κ3) is 0.701. The van der Waals surface area contributed by atoms with E-state index in [1.165, 1.54) is 0 Å². The SMILES string of the molecule is O=C(O)C1=Nc2cc[nH]c2C1=O. The lowest BCUT2D eigenvalue weighted by molar-refractivity contribution is -0.129. The Morgan fingerprint density at radius 1 is 1.58 bits per heavy atom. The number of aliphatic carboxylic acids is 1. The highest BCUT2D eigenvalue weighted by Gasteiger charge is 2.30. The molecule has 12 heavy (non-hydrogen) atoms. The first-order valence-corrected chi connectivity index (χ1v) is 3.24. The number of ketones is 1. The van der Waals surface area contributed by atoms with Crippen molar-refractivity contribution in [1.82, 2.24) is 4.98 Å². The van der Waals surface area contributed by atoms with Crippen LogP contribution in [0.3, 0.4) is 0 Å². The molecule has 0 saturated carbocycles. The van der Waals surface area contributed by atoms with Crippen LogP contribution in [-0.4, -0.2) is 27.6 Å². The Balaban J connectivity index is 2.55. The molecule has 0 spiro atoms.